The molecule has 0 aliphatic heterocycles. The molecule has 0 saturated carbocycles. The van der Waals surface area contributed by atoms with Crippen LogP contribution < -0.4 is 5.73 Å². The van der Waals surface area contributed by atoms with Crippen LogP contribution >= 0.6 is 0 Å². The quantitative estimate of drug-likeness (QED) is 0.636. The maximum atomic E-state index is 5.60. The van der Waals surface area contributed by atoms with Crippen molar-refractivity contribution in [2.24, 2.45) is 11.7 Å². The molecule has 0 saturated heterocycles. The Kier molecular flexibility index (Phi) is 4.65. The summed E-state index contributed by atoms with van der Waals surface area (Å²) in [7, 11) is 4.20. The van der Waals surface area contributed by atoms with Crippen molar-refractivity contribution in [3.8, 4) is 0 Å². The third-order valence-corrected chi connectivity index (χ3v) is 2.32. The molecule has 2 nitrogen and oxygen atoms in total. The summed E-state index contributed by atoms with van der Waals surface area (Å²) in [6, 6.07) is 0.606. The third kappa shape index (κ3) is 2.67. The summed E-state index contributed by atoms with van der Waals surface area (Å²) < 4.78 is 0. The Morgan fingerprint density at radius 1 is 1.40 bits per heavy atom. The molecule has 2 N–H and O–H groups in total. The largest absolute Gasteiger partial charge is 0.330 e. The van der Waals surface area contributed by atoms with Crippen molar-refractivity contribution >= 4 is 0 Å². The Balaban J connectivity index is 3.76. The highest BCUT2D eigenvalue weighted by Crippen LogP contribution is 2.09. The van der Waals surface area contributed by atoms with Crippen LogP contribution in [0.15, 0.2) is 0 Å². The molecule has 0 aliphatic rings. The third-order valence-electron chi connectivity index (χ3n) is 2.32. The number of hydrogen-bond donors (Lipinski definition) is 1. The first-order chi connectivity index (χ1) is 4.63. The van der Waals surface area contributed by atoms with Crippen LogP contribution in [-0.4, -0.2) is 31.6 Å². The van der Waals surface area contributed by atoms with Crippen LogP contribution in [0.25, 0.3) is 0 Å². The van der Waals surface area contributed by atoms with E-state index in [0.717, 1.165) is 6.54 Å². The Morgan fingerprint density at radius 2 is 1.90 bits per heavy atom. The summed E-state index contributed by atoms with van der Waals surface area (Å²) in [6.45, 7) is 5.22. The van der Waals surface area contributed by atoms with E-state index in [1.54, 1.807) is 0 Å². The first-order valence-corrected chi connectivity index (χ1v) is 4.00. The second-order valence-electron chi connectivity index (χ2n) is 3.11. The van der Waals surface area contributed by atoms with Crippen molar-refractivity contribution in [2.75, 3.05) is 20.6 Å². The molecule has 0 amide bonds. The van der Waals surface area contributed by atoms with Crippen LogP contribution in [-0.2, 0) is 0 Å². The molecule has 10 heavy (non-hydrogen) atoms. The van der Waals surface area contributed by atoms with Gasteiger partial charge in [0.2, 0.25) is 0 Å². The molecular formula is C8H20N2. The Bertz CT molecular complexity index is 77.3. The van der Waals surface area contributed by atoms with Gasteiger partial charge in [-0.1, -0.05) is 13.3 Å². The number of hydrogen-bond acceptors (Lipinski definition) is 2. The summed E-state index contributed by atoms with van der Waals surface area (Å²) >= 11 is 0. The minimum Gasteiger partial charge on any atom is -0.330 e. The monoisotopic (exact) mass is 144 g/mol. The summed E-state index contributed by atoms with van der Waals surface area (Å²) in [5, 5.41) is 0. The fraction of sp³-hybridized carbons (Fsp3) is 1.00. The molecule has 62 valence electrons. The van der Waals surface area contributed by atoms with Crippen LogP contribution in [0.2, 0.25) is 0 Å². The van der Waals surface area contributed by atoms with Gasteiger partial charge in [0.05, 0.1) is 0 Å². The van der Waals surface area contributed by atoms with Crippen LogP contribution in [0, 0.1) is 5.92 Å². The lowest BCUT2D eigenvalue weighted by Gasteiger charge is -2.27. The normalized spacial score (nSPS) is 17.4. The molecule has 0 bridgehead atoms. The van der Waals surface area contributed by atoms with E-state index < -0.39 is 0 Å². The standard InChI is InChI=1S/C8H20N2/c1-5-8(6-9)7(2)10(3)4/h7-8H,5-6,9H2,1-4H3. The summed E-state index contributed by atoms with van der Waals surface area (Å²) in [6.07, 6.45) is 1.18. The van der Waals surface area contributed by atoms with Crippen molar-refractivity contribution in [2.45, 2.75) is 26.3 Å². The smallest absolute Gasteiger partial charge is 0.0101 e. The zero-order valence-electron chi connectivity index (χ0n) is 7.59. The molecule has 0 aromatic heterocycles. The van der Waals surface area contributed by atoms with E-state index in [-0.39, 0.29) is 0 Å². The van der Waals surface area contributed by atoms with E-state index in [2.05, 4.69) is 32.8 Å². The predicted octanol–water partition coefficient (Wildman–Crippen LogP) is 0.921. The second-order valence-corrected chi connectivity index (χ2v) is 3.11. The molecule has 0 radical (unpaired) electrons. The van der Waals surface area contributed by atoms with Gasteiger partial charge in [0, 0.05) is 6.04 Å². The number of nitrogens with two attached hydrogens (primary N) is 1. The molecule has 0 rings (SSSR count). The lowest BCUT2D eigenvalue weighted by Crippen LogP contribution is -2.36. The van der Waals surface area contributed by atoms with Crippen LogP contribution in [0.1, 0.15) is 20.3 Å². The summed E-state index contributed by atoms with van der Waals surface area (Å²) in [5.74, 6) is 0.648. The molecule has 2 atom stereocenters. The van der Waals surface area contributed by atoms with E-state index in [4.69, 9.17) is 5.73 Å². The molecule has 0 heterocycles. The minimum atomic E-state index is 0.606. The van der Waals surface area contributed by atoms with E-state index in [1.807, 2.05) is 0 Å². The van der Waals surface area contributed by atoms with Crippen molar-refractivity contribution < 1.29 is 0 Å². The molecule has 0 aromatic rings. The molecular weight excluding hydrogens is 124 g/mol. The SMILES string of the molecule is CCC(CN)C(C)N(C)C. The minimum absolute atomic E-state index is 0.606. The molecule has 0 aliphatic carbocycles. The van der Waals surface area contributed by atoms with Crippen molar-refractivity contribution in [3.63, 3.8) is 0 Å². The van der Waals surface area contributed by atoms with E-state index in [0.29, 0.717) is 12.0 Å². The van der Waals surface area contributed by atoms with Crippen molar-refractivity contribution in [3.05, 3.63) is 0 Å². The molecule has 0 fully saturated rings. The lowest BCUT2D eigenvalue weighted by molar-refractivity contribution is 0.226. The first kappa shape index (κ1) is 9.92. The summed E-state index contributed by atoms with van der Waals surface area (Å²) in [5.41, 5.74) is 5.60. The average molecular weight is 144 g/mol. The highest BCUT2D eigenvalue weighted by atomic mass is 15.1. The van der Waals surface area contributed by atoms with Gasteiger partial charge < -0.3 is 10.6 Å². The molecule has 0 aromatic carbocycles. The van der Waals surface area contributed by atoms with Gasteiger partial charge in [-0.05, 0) is 33.5 Å². The van der Waals surface area contributed by atoms with Crippen LogP contribution in [0.5, 0.6) is 0 Å². The molecule has 2 heteroatoms. The lowest BCUT2D eigenvalue weighted by atomic mass is 9.98. The fourth-order valence-electron chi connectivity index (χ4n) is 1.13. The van der Waals surface area contributed by atoms with Gasteiger partial charge in [-0.25, -0.2) is 0 Å². The van der Waals surface area contributed by atoms with Gasteiger partial charge in [-0.3, -0.25) is 0 Å². The van der Waals surface area contributed by atoms with Gasteiger partial charge in [0.25, 0.3) is 0 Å². The summed E-state index contributed by atoms with van der Waals surface area (Å²) in [4.78, 5) is 2.22. The van der Waals surface area contributed by atoms with Gasteiger partial charge in [0.15, 0.2) is 0 Å². The first-order valence-electron chi connectivity index (χ1n) is 4.00. The second kappa shape index (κ2) is 4.69. The number of rotatable bonds is 4. The van der Waals surface area contributed by atoms with Gasteiger partial charge >= 0.3 is 0 Å². The van der Waals surface area contributed by atoms with E-state index >= 15 is 0 Å². The van der Waals surface area contributed by atoms with Crippen molar-refractivity contribution in [1.82, 2.24) is 4.90 Å². The van der Waals surface area contributed by atoms with Gasteiger partial charge in [-0.15, -0.1) is 0 Å². The Morgan fingerprint density at radius 3 is 2.00 bits per heavy atom. The van der Waals surface area contributed by atoms with Crippen LogP contribution in [0.3, 0.4) is 0 Å². The average Bonchev–Trinajstić information content (AvgIpc) is 1.90. The van der Waals surface area contributed by atoms with E-state index in [1.165, 1.54) is 6.42 Å². The zero-order chi connectivity index (χ0) is 8.15. The fourth-order valence-corrected chi connectivity index (χ4v) is 1.13. The zero-order valence-corrected chi connectivity index (χ0v) is 7.59. The van der Waals surface area contributed by atoms with Crippen molar-refractivity contribution in [1.29, 1.82) is 0 Å². The molecule has 2 unspecified atom stereocenters. The Labute approximate surface area is 64.4 Å². The maximum absolute atomic E-state index is 5.60. The highest BCUT2D eigenvalue weighted by molar-refractivity contribution is 4.70. The van der Waals surface area contributed by atoms with Gasteiger partial charge in [0.1, 0.15) is 0 Å². The topological polar surface area (TPSA) is 29.3 Å². The Hall–Kier alpha value is -0.0800. The van der Waals surface area contributed by atoms with E-state index in [9.17, 15) is 0 Å². The predicted molar refractivity (Wildman–Crippen MR) is 46.0 cm³/mol. The molecule has 0 spiro atoms. The van der Waals surface area contributed by atoms with Crippen LogP contribution in [0.4, 0.5) is 0 Å². The highest BCUT2D eigenvalue weighted by Gasteiger charge is 2.14. The maximum Gasteiger partial charge on any atom is 0.0101 e. The van der Waals surface area contributed by atoms with Gasteiger partial charge in [-0.2, -0.15) is 0 Å². The number of nitrogens with zero attached hydrogens (tertiary/aromatic N) is 1.